The number of benzene rings is 1. The van der Waals surface area contributed by atoms with E-state index in [0.717, 1.165) is 16.5 Å². The monoisotopic (exact) mass is 255 g/mol. The second-order valence-corrected chi connectivity index (χ2v) is 4.45. The van der Waals surface area contributed by atoms with E-state index in [1.165, 1.54) is 0 Å². The highest BCUT2D eigenvalue weighted by Gasteiger charge is 2.13. The molecular weight excluding hydrogens is 242 g/mol. The van der Waals surface area contributed by atoms with E-state index in [2.05, 4.69) is 10.4 Å². The summed E-state index contributed by atoms with van der Waals surface area (Å²) in [6, 6.07) is 9.30. The average molecular weight is 255 g/mol. The normalized spacial score (nSPS) is 10.8. The van der Waals surface area contributed by atoms with Gasteiger partial charge in [-0.3, -0.25) is 9.48 Å². The number of hydrogen-bond donors (Lipinski definition) is 1. The number of carbonyl (C=O) groups is 1. The molecule has 0 radical (unpaired) electrons. The largest absolute Gasteiger partial charge is 0.451 e. The van der Waals surface area contributed by atoms with Gasteiger partial charge in [0, 0.05) is 18.5 Å². The number of nitrogens with one attached hydrogen (secondary N) is 1. The highest BCUT2D eigenvalue weighted by Crippen LogP contribution is 2.21. The van der Waals surface area contributed by atoms with Gasteiger partial charge in [-0.05, 0) is 24.6 Å². The zero-order valence-corrected chi connectivity index (χ0v) is 10.7. The van der Waals surface area contributed by atoms with Gasteiger partial charge in [-0.2, -0.15) is 5.10 Å². The number of hydrogen-bond acceptors (Lipinski definition) is 3. The summed E-state index contributed by atoms with van der Waals surface area (Å²) in [5.74, 6) is 0.640. The van der Waals surface area contributed by atoms with Gasteiger partial charge in [0.25, 0.3) is 5.91 Å². The molecule has 19 heavy (non-hydrogen) atoms. The van der Waals surface area contributed by atoms with Gasteiger partial charge in [-0.1, -0.05) is 12.1 Å². The Bertz CT molecular complexity index is 755. The fourth-order valence-electron chi connectivity index (χ4n) is 1.92. The van der Waals surface area contributed by atoms with Crippen molar-refractivity contribution in [2.45, 2.75) is 6.92 Å². The van der Waals surface area contributed by atoms with Gasteiger partial charge < -0.3 is 9.73 Å². The Labute approximate surface area is 109 Å². The lowest BCUT2D eigenvalue weighted by Gasteiger charge is -2.02. The van der Waals surface area contributed by atoms with Gasteiger partial charge in [0.2, 0.25) is 0 Å². The molecule has 0 fully saturated rings. The maximum absolute atomic E-state index is 12.1. The van der Waals surface area contributed by atoms with Crippen LogP contribution in [0, 0.1) is 6.92 Å². The molecule has 2 heterocycles. The Morgan fingerprint density at radius 2 is 2.16 bits per heavy atom. The lowest BCUT2D eigenvalue weighted by Crippen LogP contribution is -2.13. The molecule has 0 atom stereocenters. The molecule has 96 valence electrons. The summed E-state index contributed by atoms with van der Waals surface area (Å²) in [6.07, 6.45) is 1.62. The molecule has 1 aromatic carbocycles. The fourth-order valence-corrected chi connectivity index (χ4v) is 1.92. The van der Waals surface area contributed by atoms with Gasteiger partial charge in [0.1, 0.15) is 11.4 Å². The maximum Gasteiger partial charge on any atom is 0.292 e. The van der Waals surface area contributed by atoms with Crippen LogP contribution in [0.5, 0.6) is 0 Å². The molecule has 2 aromatic heterocycles. The van der Waals surface area contributed by atoms with Crippen molar-refractivity contribution in [3.63, 3.8) is 0 Å². The topological polar surface area (TPSA) is 60.1 Å². The van der Waals surface area contributed by atoms with Crippen molar-refractivity contribution in [3.8, 4) is 0 Å². The van der Waals surface area contributed by atoms with Crippen LogP contribution in [0.3, 0.4) is 0 Å². The number of rotatable bonds is 2. The third-order valence-corrected chi connectivity index (χ3v) is 2.96. The van der Waals surface area contributed by atoms with Crippen LogP contribution in [0.1, 0.15) is 16.1 Å². The van der Waals surface area contributed by atoms with E-state index in [4.69, 9.17) is 4.42 Å². The van der Waals surface area contributed by atoms with Crippen LogP contribution in [0.2, 0.25) is 0 Å². The Hall–Kier alpha value is -2.56. The van der Waals surface area contributed by atoms with E-state index in [-0.39, 0.29) is 5.91 Å². The second kappa shape index (κ2) is 4.28. The standard InChI is InChI=1S/C14H13N3O2/c1-9-3-4-10-8-12(19-11(10)7-9)14(18)16-13-5-6-15-17(13)2/h3-8H,1-2H3,(H,16,18). The first-order valence-corrected chi connectivity index (χ1v) is 5.93. The third kappa shape index (κ3) is 2.10. The quantitative estimate of drug-likeness (QED) is 0.766. The van der Waals surface area contributed by atoms with Crippen LogP contribution in [0.15, 0.2) is 40.9 Å². The predicted octanol–water partition coefficient (Wildman–Crippen LogP) is 2.73. The first-order chi connectivity index (χ1) is 9.13. The molecule has 0 saturated carbocycles. The minimum Gasteiger partial charge on any atom is -0.451 e. The Kier molecular flexibility index (Phi) is 2.59. The summed E-state index contributed by atoms with van der Waals surface area (Å²) in [6.45, 7) is 1.98. The highest BCUT2D eigenvalue weighted by molar-refractivity contribution is 6.04. The number of furan rings is 1. The molecule has 1 amide bonds. The fraction of sp³-hybridized carbons (Fsp3) is 0.143. The third-order valence-electron chi connectivity index (χ3n) is 2.96. The van der Waals surface area contributed by atoms with Crippen LogP contribution in [0.25, 0.3) is 11.0 Å². The summed E-state index contributed by atoms with van der Waals surface area (Å²) < 4.78 is 7.15. The van der Waals surface area contributed by atoms with Crippen molar-refractivity contribution in [1.82, 2.24) is 9.78 Å². The van der Waals surface area contributed by atoms with Gasteiger partial charge in [-0.25, -0.2) is 0 Å². The lowest BCUT2D eigenvalue weighted by atomic mass is 10.2. The molecule has 5 nitrogen and oxygen atoms in total. The van der Waals surface area contributed by atoms with Crippen LogP contribution in [-0.4, -0.2) is 15.7 Å². The van der Waals surface area contributed by atoms with Crippen molar-refractivity contribution in [2.24, 2.45) is 7.05 Å². The van der Waals surface area contributed by atoms with Crippen molar-refractivity contribution in [3.05, 3.63) is 47.9 Å². The SMILES string of the molecule is Cc1ccc2cc(C(=O)Nc3ccnn3C)oc2c1. The van der Waals surface area contributed by atoms with Crippen molar-refractivity contribution < 1.29 is 9.21 Å². The number of aromatic nitrogens is 2. The molecule has 3 aromatic rings. The lowest BCUT2D eigenvalue weighted by molar-refractivity contribution is 0.0998. The Morgan fingerprint density at radius 3 is 2.89 bits per heavy atom. The molecule has 5 heteroatoms. The van der Waals surface area contributed by atoms with E-state index in [0.29, 0.717) is 11.6 Å². The minimum absolute atomic E-state index is 0.280. The maximum atomic E-state index is 12.1. The van der Waals surface area contributed by atoms with Crippen LogP contribution in [-0.2, 0) is 7.05 Å². The molecule has 0 saturated heterocycles. The summed E-state index contributed by atoms with van der Waals surface area (Å²) in [7, 11) is 1.76. The number of amides is 1. The Morgan fingerprint density at radius 1 is 1.32 bits per heavy atom. The van der Waals surface area contributed by atoms with E-state index >= 15 is 0 Å². The van der Waals surface area contributed by atoms with Gasteiger partial charge >= 0.3 is 0 Å². The van der Waals surface area contributed by atoms with Crippen molar-refractivity contribution >= 4 is 22.7 Å². The summed E-state index contributed by atoms with van der Waals surface area (Å²) in [5.41, 5.74) is 1.82. The van der Waals surface area contributed by atoms with Gasteiger partial charge in [0.05, 0.1) is 6.20 Å². The van der Waals surface area contributed by atoms with E-state index in [1.54, 1.807) is 30.1 Å². The summed E-state index contributed by atoms with van der Waals surface area (Å²) in [5, 5.41) is 7.66. The number of anilines is 1. The molecule has 1 N–H and O–H groups in total. The Balaban J connectivity index is 1.91. The van der Waals surface area contributed by atoms with E-state index < -0.39 is 0 Å². The highest BCUT2D eigenvalue weighted by atomic mass is 16.3. The predicted molar refractivity (Wildman–Crippen MR) is 72.1 cm³/mol. The van der Waals surface area contributed by atoms with E-state index in [9.17, 15) is 4.79 Å². The molecule has 0 aliphatic rings. The molecule has 0 aliphatic heterocycles. The zero-order chi connectivity index (χ0) is 13.4. The second-order valence-electron chi connectivity index (χ2n) is 4.45. The van der Waals surface area contributed by atoms with Crippen molar-refractivity contribution in [1.29, 1.82) is 0 Å². The summed E-state index contributed by atoms with van der Waals surface area (Å²) >= 11 is 0. The van der Waals surface area contributed by atoms with Crippen LogP contribution in [0.4, 0.5) is 5.82 Å². The molecular formula is C14H13N3O2. The van der Waals surface area contributed by atoms with Gasteiger partial charge in [-0.15, -0.1) is 0 Å². The minimum atomic E-state index is -0.280. The van der Waals surface area contributed by atoms with Crippen LogP contribution < -0.4 is 5.32 Å². The molecule has 0 spiro atoms. The van der Waals surface area contributed by atoms with Gasteiger partial charge in [0.15, 0.2) is 5.76 Å². The molecule has 3 rings (SSSR count). The van der Waals surface area contributed by atoms with Crippen LogP contribution >= 0.6 is 0 Å². The molecule has 0 bridgehead atoms. The summed E-state index contributed by atoms with van der Waals surface area (Å²) in [4.78, 5) is 12.1. The smallest absolute Gasteiger partial charge is 0.292 e. The molecule has 0 unspecified atom stereocenters. The number of fused-ring (bicyclic) bond motifs is 1. The number of carbonyl (C=O) groups excluding carboxylic acids is 1. The number of nitrogens with zero attached hydrogens (tertiary/aromatic N) is 2. The van der Waals surface area contributed by atoms with E-state index in [1.807, 2.05) is 25.1 Å². The zero-order valence-electron chi connectivity index (χ0n) is 10.7. The molecule has 0 aliphatic carbocycles. The first-order valence-electron chi connectivity index (χ1n) is 5.93. The average Bonchev–Trinajstić information content (AvgIpc) is 2.96. The first kappa shape index (κ1) is 11.5. The van der Waals surface area contributed by atoms with Crippen molar-refractivity contribution in [2.75, 3.05) is 5.32 Å². The number of aryl methyl sites for hydroxylation is 2.